The summed E-state index contributed by atoms with van der Waals surface area (Å²) in [6.07, 6.45) is 0.960. The van der Waals surface area contributed by atoms with Crippen LogP contribution < -0.4 is 10.0 Å². The number of halogens is 3. The zero-order valence-electron chi connectivity index (χ0n) is 10.9. The van der Waals surface area contributed by atoms with Gasteiger partial charge in [-0.2, -0.15) is 0 Å². The van der Waals surface area contributed by atoms with Crippen LogP contribution in [0.15, 0.2) is 27.6 Å². The smallest absolute Gasteiger partial charge is 0.242 e. The van der Waals surface area contributed by atoms with Gasteiger partial charge in [-0.25, -0.2) is 13.1 Å². The van der Waals surface area contributed by atoms with Crippen LogP contribution in [0, 0.1) is 5.92 Å². The van der Waals surface area contributed by atoms with Gasteiger partial charge in [0.25, 0.3) is 0 Å². The van der Waals surface area contributed by atoms with Crippen molar-refractivity contribution < 1.29 is 8.42 Å². The molecule has 8 heteroatoms. The molecule has 1 saturated heterocycles. The van der Waals surface area contributed by atoms with Gasteiger partial charge in [0.1, 0.15) is 4.90 Å². The number of hydrogen-bond acceptors (Lipinski definition) is 3. The molecule has 114 valence electrons. The Morgan fingerprint density at radius 3 is 2.75 bits per heavy atom. The van der Waals surface area contributed by atoms with Crippen LogP contribution in [-0.4, -0.2) is 27.5 Å². The minimum atomic E-state index is -3.58. The number of benzene rings is 1. The van der Waals surface area contributed by atoms with Crippen LogP contribution in [0.1, 0.15) is 13.3 Å². The lowest BCUT2D eigenvalue weighted by Crippen LogP contribution is -2.50. The first-order valence-electron chi connectivity index (χ1n) is 6.08. The van der Waals surface area contributed by atoms with Gasteiger partial charge in [0.15, 0.2) is 0 Å². The second-order valence-corrected chi connectivity index (χ2v) is 7.78. The first-order valence-corrected chi connectivity index (χ1v) is 8.73. The summed E-state index contributed by atoms with van der Waals surface area (Å²) in [6.45, 7) is 3.63. The normalized spacial score (nSPS) is 23.1. The molecule has 0 radical (unpaired) electrons. The fourth-order valence-corrected chi connectivity index (χ4v) is 4.49. The van der Waals surface area contributed by atoms with Gasteiger partial charge in [0, 0.05) is 17.1 Å². The molecule has 1 heterocycles. The van der Waals surface area contributed by atoms with E-state index in [1.807, 2.05) is 0 Å². The van der Waals surface area contributed by atoms with Crippen LogP contribution in [0.25, 0.3) is 0 Å². The lowest BCUT2D eigenvalue weighted by atomic mass is 9.96. The van der Waals surface area contributed by atoms with Crippen LogP contribution in [0.4, 0.5) is 0 Å². The summed E-state index contributed by atoms with van der Waals surface area (Å²) in [5.41, 5.74) is 0. The third-order valence-electron chi connectivity index (χ3n) is 3.32. The Labute approximate surface area is 139 Å². The second kappa shape index (κ2) is 7.42. The van der Waals surface area contributed by atoms with E-state index in [4.69, 9.17) is 11.6 Å². The standard InChI is InChI=1S/C12H16BrClN2O2S.ClH/c1-8-4-5-15-7-11(8)16-19(17,18)12-3-2-9(13)6-10(12)14;/h2-3,6,8,11,15-16H,4-5,7H2,1H3;1H. The minimum absolute atomic E-state index is 0. The van der Waals surface area contributed by atoms with Crippen LogP contribution in [0.5, 0.6) is 0 Å². The summed E-state index contributed by atoms with van der Waals surface area (Å²) >= 11 is 9.26. The summed E-state index contributed by atoms with van der Waals surface area (Å²) in [5.74, 6) is 0.310. The maximum absolute atomic E-state index is 12.3. The van der Waals surface area contributed by atoms with Crippen molar-refractivity contribution in [3.05, 3.63) is 27.7 Å². The van der Waals surface area contributed by atoms with Crippen LogP contribution in [-0.2, 0) is 10.0 Å². The van der Waals surface area contributed by atoms with Gasteiger partial charge >= 0.3 is 0 Å². The van der Waals surface area contributed by atoms with Crippen molar-refractivity contribution in [3.8, 4) is 0 Å². The van der Waals surface area contributed by atoms with Gasteiger partial charge in [0.2, 0.25) is 10.0 Å². The van der Waals surface area contributed by atoms with Gasteiger partial charge in [0.05, 0.1) is 5.02 Å². The van der Waals surface area contributed by atoms with E-state index in [0.717, 1.165) is 17.4 Å². The molecule has 2 unspecified atom stereocenters. The third kappa shape index (κ3) is 4.32. The van der Waals surface area contributed by atoms with Crippen LogP contribution >= 0.6 is 39.9 Å². The van der Waals surface area contributed by atoms with E-state index in [0.29, 0.717) is 12.5 Å². The minimum Gasteiger partial charge on any atom is -0.315 e. The molecule has 0 bridgehead atoms. The molecule has 0 aliphatic carbocycles. The first-order chi connectivity index (χ1) is 8.90. The Bertz CT molecular complexity index is 569. The van der Waals surface area contributed by atoms with Gasteiger partial charge in [-0.05, 0) is 37.1 Å². The molecule has 0 spiro atoms. The van der Waals surface area contributed by atoms with Crippen molar-refractivity contribution in [2.24, 2.45) is 5.92 Å². The number of nitrogens with one attached hydrogen (secondary N) is 2. The Morgan fingerprint density at radius 1 is 1.45 bits per heavy atom. The molecule has 0 aromatic heterocycles. The average molecular weight is 404 g/mol. The van der Waals surface area contributed by atoms with Crippen LogP contribution in [0.2, 0.25) is 5.02 Å². The van der Waals surface area contributed by atoms with E-state index < -0.39 is 10.0 Å². The third-order valence-corrected chi connectivity index (χ3v) is 5.78. The molecule has 1 aromatic carbocycles. The monoisotopic (exact) mass is 402 g/mol. The van der Waals surface area contributed by atoms with E-state index >= 15 is 0 Å². The fourth-order valence-electron chi connectivity index (χ4n) is 2.10. The van der Waals surface area contributed by atoms with Crippen molar-refractivity contribution in [2.75, 3.05) is 13.1 Å². The number of sulfonamides is 1. The van der Waals surface area contributed by atoms with Crippen LogP contribution in [0.3, 0.4) is 0 Å². The van der Waals surface area contributed by atoms with Gasteiger partial charge < -0.3 is 5.32 Å². The molecule has 0 amide bonds. The molecule has 20 heavy (non-hydrogen) atoms. The largest absolute Gasteiger partial charge is 0.315 e. The first kappa shape index (κ1) is 18.2. The molecule has 0 saturated carbocycles. The Balaban J connectivity index is 0.00000200. The SMILES string of the molecule is CC1CCNCC1NS(=O)(=O)c1ccc(Br)cc1Cl.Cl. The number of piperidine rings is 1. The molecular weight excluding hydrogens is 387 g/mol. The molecule has 1 aliphatic rings. The summed E-state index contributed by atoms with van der Waals surface area (Å²) < 4.78 is 28.2. The lowest BCUT2D eigenvalue weighted by Gasteiger charge is -2.30. The van der Waals surface area contributed by atoms with Crippen molar-refractivity contribution in [1.82, 2.24) is 10.0 Å². The predicted octanol–water partition coefficient (Wildman–Crippen LogP) is 2.80. The van der Waals surface area contributed by atoms with Crippen molar-refractivity contribution in [1.29, 1.82) is 0 Å². The topological polar surface area (TPSA) is 58.2 Å². The molecule has 2 atom stereocenters. The van der Waals surface area contributed by atoms with Crippen molar-refractivity contribution >= 4 is 50.0 Å². The van der Waals surface area contributed by atoms with E-state index in [1.54, 1.807) is 12.1 Å². The molecule has 1 fully saturated rings. The van der Waals surface area contributed by atoms with Gasteiger partial charge in [-0.1, -0.05) is 34.5 Å². The number of hydrogen-bond donors (Lipinski definition) is 2. The maximum atomic E-state index is 12.3. The Morgan fingerprint density at radius 2 is 2.15 bits per heavy atom. The number of rotatable bonds is 3. The van der Waals surface area contributed by atoms with E-state index in [2.05, 4.69) is 32.9 Å². The zero-order valence-corrected chi connectivity index (χ0v) is 14.9. The quantitative estimate of drug-likeness (QED) is 0.815. The Hall–Kier alpha value is 0.150. The predicted molar refractivity (Wildman–Crippen MR) is 87.2 cm³/mol. The van der Waals surface area contributed by atoms with Gasteiger partial charge in [-0.15, -0.1) is 12.4 Å². The van der Waals surface area contributed by atoms with Crippen molar-refractivity contribution in [3.63, 3.8) is 0 Å². The molecule has 4 nitrogen and oxygen atoms in total. The summed E-state index contributed by atoms with van der Waals surface area (Å²) in [6, 6.07) is 4.66. The average Bonchev–Trinajstić information content (AvgIpc) is 2.31. The maximum Gasteiger partial charge on any atom is 0.242 e. The van der Waals surface area contributed by atoms with E-state index in [9.17, 15) is 8.42 Å². The molecule has 1 aromatic rings. The summed E-state index contributed by atoms with van der Waals surface area (Å²) in [5, 5.41) is 3.42. The van der Waals surface area contributed by atoms with E-state index in [1.165, 1.54) is 6.07 Å². The molecule has 1 aliphatic heterocycles. The van der Waals surface area contributed by atoms with Gasteiger partial charge in [-0.3, -0.25) is 0 Å². The molecular formula is C12H17BrCl2N2O2S. The highest BCUT2D eigenvalue weighted by Crippen LogP contribution is 2.26. The highest BCUT2D eigenvalue weighted by atomic mass is 79.9. The zero-order chi connectivity index (χ0) is 14.0. The lowest BCUT2D eigenvalue weighted by molar-refractivity contribution is 0.327. The van der Waals surface area contributed by atoms with Crippen molar-refractivity contribution in [2.45, 2.75) is 24.3 Å². The molecule has 2 rings (SSSR count). The fraction of sp³-hybridized carbons (Fsp3) is 0.500. The highest BCUT2D eigenvalue weighted by Gasteiger charge is 2.27. The molecule has 2 N–H and O–H groups in total. The Kier molecular flexibility index (Phi) is 6.76. The summed E-state index contributed by atoms with van der Waals surface area (Å²) in [4.78, 5) is 0.121. The second-order valence-electron chi connectivity index (χ2n) is 4.77. The van der Waals surface area contributed by atoms with E-state index in [-0.39, 0.29) is 28.4 Å². The summed E-state index contributed by atoms with van der Waals surface area (Å²) in [7, 11) is -3.58. The highest BCUT2D eigenvalue weighted by molar-refractivity contribution is 9.10.